The van der Waals surface area contributed by atoms with E-state index in [0.717, 1.165) is 0 Å². The normalized spacial score (nSPS) is 19.4. The lowest BCUT2D eigenvalue weighted by atomic mass is 10.00. The first-order chi connectivity index (χ1) is 7.68. The average Bonchev–Trinajstić information content (AvgIpc) is 2.63. The molecule has 1 aliphatic carbocycles. The first-order valence-corrected chi connectivity index (χ1v) is 5.23. The van der Waals surface area contributed by atoms with Gasteiger partial charge in [0.25, 0.3) is 0 Å². The molecule has 0 saturated carbocycles. The van der Waals surface area contributed by atoms with E-state index in [4.69, 9.17) is 16.1 Å². The van der Waals surface area contributed by atoms with Crippen molar-refractivity contribution in [3.63, 3.8) is 0 Å². The van der Waals surface area contributed by atoms with Gasteiger partial charge in [0.2, 0.25) is 0 Å². The van der Waals surface area contributed by atoms with Crippen molar-refractivity contribution in [2.24, 2.45) is 0 Å². The van der Waals surface area contributed by atoms with Gasteiger partial charge in [-0.25, -0.2) is 0 Å². The van der Waals surface area contributed by atoms with Crippen LogP contribution < -0.4 is 0 Å². The van der Waals surface area contributed by atoms with Crippen LogP contribution in [0.25, 0.3) is 0 Å². The molecule has 0 fully saturated rings. The minimum absolute atomic E-state index is 0.0543. The van der Waals surface area contributed by atoms with Crippen LogP contribution in [0, 0.1) is 0 Å². The van der Waals surface area contributed by atoms with E-state index in [1.165, 1.54) is 13.2 Å². The minimum Gasteiger partial charge on any atom is -0.364 e. The number of aromatic nitrogens is 1. The Kier molecular flexibility index (Phi) is 3.06. The summed E-state index contributed by atoms with van der Waals surface area (Å²) in [6.07, 6.45) is 10.6. The highest BCUT2D eigenvalue weighted by atomic mass is 35.5. The zero-order chi connectivity index (χ0) is 11.5. The van der Waals surface area contributed by atoms with Crippen molar-refractivity contribution < 1.29 is 9.32 Å². The van der Waals surface area contributed by atoms with Gasteiger partial charge in [-0.2, -0.15) is 0 Å². The fourth-order valence-corrected chi connectivity index (χ4v) is 1.66. The molecule has 0 aromatic carbocycles. The van der Waals surface area contributed by atoms with Gasteiger partial charge < -0.3 is 4.52 Å². The van der Waals surface area contributed by atoms with E-state index in [0.29, 0.717) is 16.3 Å². The molecule has 2 rings (SSSR count). The highest BCUT2D eigenvalue weighted by Gasteiger charge is 2.18. The van der Waals surface area contributed by atoms with Crippen molar-refractivity contribution >= 4 is 17.4 Å². The highest BCUT2D eigenvalue weighted by molar-refractivity contribution is 6.31. The van der Waals surface area contributed by atoms with Crippen molar-refractivity contribution in [1.82, 2.24) is 5.16 Å². The second kappa shape index (κ2) is 4.49. The Balaban J connectivity index is 2.35. The number of hydrogen-bond acceptors (Lipinski definition) is 3. The lowest BCUT2D eigenvalue weighted by molar-refractivity contribution is 0.101. The first kappa shape index (κ1) is 10.9. The molecule has 82 valence electrons. The quantitative estimate of drug-likeness (QED) is 0.740. The Labute approximate surface area is 98.1 Å². The maximum Gasteiger partial charge on any atom is 0.165 e. The molecule has 16 heavy (non-hydrogen) atoms. The Morgan fingerprint density at radius 2 is 2.31 bits per heavy atom. The SMILES string of the molecule is CC(=O)c1conc1C1C=CC=C(Cl)C=C1. The van der Waals surface area contributed by atoms with E-state index in [1.54, 1.807) is 12.2 Å². The Hall–Kier alpha value is -1.61. The summed E-state index contributed by atoms with van der Waals surface area (Å²) in [6.45, 7) is 1.49. The van der Waals surface area contributed by atoms with Gasteiger partial charge in [0.15, 0.2) is 5.78 Å². The molecule has 0 bridgehead atoms. The number of carbonyl (C=O) groups excluding carboxylic acids is 1. The molecule has 0 spiro atoms. The van der Waals surface area contributed by atoms with Gasteiger partial charge in [0, 0.05) is 11.0 Å². The fraction of sp³-hybridized carbons (Fsp3) is 0.167. The molecule has 0 amide bonds. The van der Waals surface area contributed by atoms with Crippen LogP contribution in [-0.4, -0.2) is 10.9 Å². The summed E-state index contributed by atoms with van der Waals surface area (Å²) in [7, 11) is 0. The molecule has 1 aliphatic rings. The lowest BCUT2D eigenvalue weighted by Gasteiger charge is -2.03. The van der Waals surface area contributed by atoms with Crippen molar-refractivity contribution in [2.75, 3.05) is 0 Å². The number of hydrogen-bond donors (Lipinski definition) is 0. The molecule has 1 atom stereocenters. The summed E-state index contributed by atoms with van der Waals surface area (Å²) in [6, 6.07) is 0. The molecule has 0 saturated heterocycles. The Morgan fingerprint density at radius 3 is 3.06 bits per heavy atom. The first-order valence-electron chi connectivity index (χ1n) is 4.86. The number of ketones is 1. The van der Waals surface area contributed by atoms with Crippen LogP contribution in [0.4, 0.5) is 0 Å². The number of allylic oxidation sites excluding steroid dienone is 6. The van der Waals surface area contributed by atoms with Crippen LogP contribution in [-0.2, 0) is 0 Å². The van der Waals surface area contributed by atoms with Crippen LogP contribution >= 0.6 is 11.6 Å². The van der Waals surface area contributed by atoms with Crippen molar-refractivity contribution in [1.29, 1.82) is 0 Å². The molecular weight excluding hydrogens is 226 g/mol. The van der Waals surface area contributed by atoms with Gasteiger partial charge in [-0.1, -0.05) is 35.0 Å². The largest absolute Gasteiger partial charge is 0.364 e. The van der Waals surface area contributed by atoms with E-state index in [9.17, 15) is 4.79 Å². The molecule has 1 aromatic heterocycles. The number of Topliss-reactive ketones (excluding diaryl/α,β-unsaturated/α-hetero) is 1. The Morgan fingerprint density at radius 1 is 1.50 bits per heavy atom. The summed E-state index contributed by atoms with van der Waals surface area (Å²) in [5, 5.41) is 4.51. The van der Waals surface area contributed by atoms with Gasteiger partial charge in [-0.05, 0) is 19.1 Å². The van der Waals surface area contributed by atoms with Crippen molar-refractivity contribution in [3.05, 3.63) is 52.9 Å². The maximum atomic E-state index is 11.3. The predicted molar refractivity (Wildman–Crippen MR) is 61.5 cm³/mol. The zero-order valence-corrected chi connectivity index (χ0v) is 9.44. The summed E-state index contributed by atoms with van der Waals surface area (Å²) < 4.78 is 4.84. The smallest absolute Gasteiger partial charge is 0.165 e. The van der Waals surface area contributed by atoms with E-state index >= 15 is 0 Å². The maximum absolute atomic E-state index is 11.3. The monoisotopic (exact) mass is 235 g/mol. The zero-order valence-electron chi connectivity index (χ0n) is 8.68. The standard InChI is InChI=1S/C12H10ClNO2/c1-8(15)11-7-16-14-12(11)9-3-2-4-10(13)6-5-9/h2-7,9H,1H3. The van der Waals surface area contributed by atoms with Crippen molar-refractivity contribution in [2.45, 2.75) is 12.8 Å². The molecule has 1 heterocycles. The Bertz CT molecular complexity index is 497. The summed E-state index contributed by atoms with van der Waals surface area (Å²) in [5.74, 6) is -0.133. The van der Waals surface area contributed by atoms with E-state index in [-0.39, 0.29) is 11.7 Å². The second-order valence-electron chi connectivity index (χ2n) is 3.49. The average molecular weight is 236 g/mol. The third-order valence-corrected chi connectivity index (χ3v) is 2.58. The van der Waals surface area contributed by atoms with Gasteiger partial charge in [0.05, 0.1) is 5.56 Å². The molecule has 0 aliphatic heterocycles. The molecule has 1 aromatic rings. The van der Waals surface area contributed by atoms with Crippen LogP contribution in [0.1, 0.15) is 28.9 Å². The minimum atomic E-state index is -0.0786. The molecule has 0 radical (unpaired) electrons. The summed E-state index contributed by atoms with van der Waals surface area (Å²) in [4.78, 5) is 11.3. The fourth-order valence-electron chi connectivity index (χ4n) is 1.51. The number of halogens is 1. The number of carbonyl (C=O) groups is 1. The van der Waals surface area contributed by atoms with E-state index < -0.39 is 0 Å². The molecule has 4 heteroatoms. The highest BCUT2D eigenvalue weighted by Crippen LogP contribution is 2.25. The van der Waals surface area contributed by atoms with Crippen molar-refractivity contribution in [3.8, 4) is 0 Å². The van der Waals surface area contributed by atoms with Crippen LogP contribution in [0.3, 0.4) is 0 Å². The van der Waals surface area contributed by atoms with Crippen LogP contribution in [0.2, 0.25) is 0 Å². The number of nitrogens with zero attached hydrogens (tertiary/aromatic N) is 1. The van der Waals surface area contributed by atoms with E-state index in [1.807, 2.05) is 18.2 Å². The van der Waals surface area contributed by atoms with Gasteiger partial charge in [-0.15, -0.1) is 0 Å². The second-order valence-corrected chi connectivity index (χ2v) is 3.93. The molecule has 1 unspecified atom stereocenters. The third kappa shape index (κ3) is 2.14. The van der Waals surface area contributed by atoms with Crippen LogP contribution in [0.15, 0.2) is 46.2 Å². The lowest BCUT2D eigenvalue weighted by Crippen LogP contribution is -2.00. The third-order valence-electron chi connectivity index (χ3n) is 2.33. The summed E-state index contributed by atoms with van der Waals surface area (Å²) >= 11 is 5.86. The molecule has 3 nitrogen and oxygen atoms in total. The molecular formula is C12H10ClNO2. The molecule has 0 N–H and O–H groups in total. The van der Waals surface area contributed by atoms with Crippen LogP contribution in [0.5, 0.6) is 0 Å². The topological polar surface area (TPSA) is 43.1 Å². The van der Waals surface area contributed by atoms with Gasteiger partial charge >= 0.3 is 0 Å². The summed E-state index contributed by atoms with van der Waals surface area (Å²) in [5.41, 5.74) is 1.14. The number of rotatable bonds is 2. The van der Waals surface area contributed by atoms with Gasteiger partial charge in [-0.3, -0.25) is 4.79 Å². The predicted octanol–water partition coefficient (Wildman–Crippen LogP) is 3.21. The van der Waals surface area contributed by atoms with E-state index in [2.05, 4.69) is 5.16 Å². The van der Waals surface area contributed by atoms with Gasteiger partial charge in [0.1, 0.15) is 12.0 Å².